The zero-order chi connectivity index (χ0) is 39.2. The van der Waals surface area contributed by atoms with Gasteiger partial charge in [0.2, 0.25) is 21.8 Å². The minimum Gasteiger partial charge on any atom is -0.446 e. The molecule has 1 saturated heterocycles. The highest BCUT2D eigenvalue weighted by Crippen LogP contribution is 2.46. The number of alkyl carbamates (subject to hydrolysis) is 1. The smallest absolute Gasteiger partial charge is 0.408 e. The van der Waals surface area contributed by atoms with Gasteiger partial charge < -0.3 is 20.3 Å². The van der Waals surface area contributed by atoms with Gasteiger partial charge in [0, 0.05) is 35.9 Å². The number of benzene rings is 2. The zero-order valence-electron chi connectivity index (χ0n) is 30.8. The molecule has 0 spiro atoms. The third kappa shape index (κ3) is 7.54. The van der Waals surface area contributed by atoms with Crippen molar-refractivity contribution in [2.75, 3.05) is 6.54 Å². The van der Waals surface area contributed by atoms with Gasteiger partial charge in [0.15, 0.2) is 0 Å². The topological polar surface area (TPSA) is 186 Å². The molecule has 5 aliphatic rings. The second-order valence-electron chi connectivity index (χ2n) is 15.7. The number of halogens is 1. The summed E-state index contributed by atoms with van der Waals surface area (Å²) < 4.78 is 49.2. The Hall–Kier alpha value is -5.12. The second kappa shape index (κ2) is 15.1. The Balaban J connectivity index is 1.11. The number of hydrogen-bond acceptors (Lipinski definition) is 9. The lowest BCUT2D eigenvalue weighted by atomic mass is 9.96. The number of aromatic nitrogens is 2. The van der Waals surface area contributed by atoms with Crippen LogP contribution in [0.5, 0.6) is 0 Å². The van der Waals surface area contributed by atoms with Gasteiger partial charge in [-0.15, -0.1) is 0 Å². The summed E-state index contributed by atoms with van der Waals surface area (Å²) in [5.41, 5.74) is -0.999. The van der Waals surface area contributed by atoms with Crippen molar-refractivity contribution in [2.24, 2.45) is 5.92 Å². The minimum atomic E-state index is -3.93. The van der Waals surface area contributed by atoms with Gasteiger partial charge in [0.25, 0.3) is 11.5 Å². The van der Waals surface area contributed by atoms with Crippen molar-refractivity contribution < 1.29 is 36.7 Å². The molecule has 2 aliphatic heterocycles. The average Bonchev–Trinajstić information content (AvgIpc) is 4.08. The average molecular weight is 789 g/mol. The molecule has 56 heavy (non-hydrogen) atoms. The molecule has 3 aromatic rings. The van der Waals surface area contributed by atoms with E-state index in [-0.39, 0.29) is 31.9 Å². The van der Waals surface area contributed by atoms with Crippen LogP contribution in [0.2, 0.25) is 0 Å². The van der Waals surface area contributed by atoms with Crippen molar-refractivity contribution in [3.8, 4) is 11.1 Å². The Bertz CT molecular complexity index is 2270. The van der Waals surface area contributed by atoms with Crippen molar-refractivity contribution in [1.29, 1.82) is 0 Å². The summed E-state index contributed by atoms with van der Waals surface area (Å²) in [4.78, 5) is 70.7. The van der Waals surface area contributed by atoms with E-state index in [9.17, 15) is 36.8 Å². The monoisotopic (exact) mass is 788 g/mol. The lowest BCUT2D eigenvalue weighted by Crippen LogP contribution is -2.58. The molecule has 14 nitrogen and oxygen atoms in total. The largest absolute Gasteiger partial charge is 0.446 e. The molecule has 3 saturated carbocycles. The number of fused-ring (bicyclic) bond motifs is 3. The van der Waals surface area contributed by atoms with E-state index >= 15 is 0 Å². The van der Waals surface area contributed by atoms with E-state index < -0.39 is 80.0 Å². The highest BCUT2D eigenvalue weighted by atomic mass is 32.2. The molecular formula is C40H45FN6O8S. The standard InChI is InChI=1S/C40H45FN6O8S/c41-32-15-8-13-30-29(12-7-14-31(30)32)24-19-35(48)47(42-22-24)26-20-34-36(49)44-40(38(51)45-56(53,54)28-17-18-28)21-25(40)9-4-2-1-3-5-16-33(37(50)46(34)23-26)43-39(52)55-27-10-6-11-27/h4,7-9,12-15,19,22,25-28,33-34H,1-3,5-6,10-11,16-18,20-21,23H2,(H,43,52)(H,44,49)(H,45,51)/b9-4-/t25?,26?,33?,34-,40?/m0/s1. The van der Waals surface area contributed by atoms with E-state index in [1.54, 1.807) is 30.3 Å². The maximum atomic E-state index is 14.6. The quantitative estimate of drug-likeness (QED) is 0.298. The van der Waals surface area contributed by atoms with Crippen molar-refractivity contribution in [1.82, 2.24) is 30.0 Å². The second-order valence-corrected chi connectivity index (χ2v) is 17.7. The first-order valence-electron chi connectivity index (χ1n) is 19.5. The summed E-state index contributed by atoms with van der Waals surface area (Å²) in [7, 11) is -3.93. The Labute approximate surface area is 323 Å². The number of allylic oxidation sites excluding steroid dienone is 1. The molecule has 5 atom stereocenters. The molecule has 3 heterocycles. The highest BCUT2D eigenvalue weighted by molar-refractivity contribution is 7.91. The van der Waals surface area contributed by atoms with Crippen LogP contribution in [0.4, 0.5) is 9.18 Å². The molecule has 8 rings (SSSR count). The number of hydrogen-bond donors (Lipinski definition) is 3. The number of carbonyl (C=O) groups excluding carboxylic acids is 4. The summed E-state index contributed by atoms with van der Waals surface area (Å²) in [5, 5.41) is 10.4. The summed E-state index contributed by atoms with van der Waals surface area (Å²) >= 11 is 0. The first-order chi connectivity index (χ1) is 26.9. The number of amides is 4. The van der Waals surface area contributed by atoms with Gasteiger partial charge in [-0.2, -0.15) is 5.10 Å². The van der Waals surface area contributed by atoms with E-state index in [2.05, 4.69) is 20.5 Å². The molecule has 0 radical (unpaired) electrons. The van der Waals surface area contributed by atoms with E-state index in [4.69, 9.17) is 4.74 Å². The molecule has 0 bridgehead atoms. The molecule has 4 fully saturated rings. The number of sulfonamides is 1. The third-order valence-corrected chi connectivity index (χ3v) is 13.6. The SMILES string of the molecule is O=C(NC1CCCCC/C=C\C2CC2(C(=O)NS(=O)(=O)C2CC2)NC(=O)[C@@H]2CC(n3ncc(-c4cccc5c(F)cccc45)cc3=O)CN2C1=O)OC1CCC1. The fourth-order valence-corrected chi connectivity index (χ4v) is 9.50. The molecule has 16 heteroatoms. The van der Waals surface area contributed by atoms with Crippen molar-refractivity contribution in [2.45, 2.75) is 112 Å². The molecular weight excluding hydrogens is 744 g/mol. The molecule has 1 aromatic heterocycles. The van der Waals surface area contributed by atoms with Gasteiger partial charge in [-0.3, -0.25) is 23.9 Å². The van der Waals surface area contributed by atoms with E-state index in [0.717, 1.165) is 32.1 Å². The summed E-state index contributed by atoms with van der Waals surface area (Å²) in [6.07, 6.45) is 10.8. The first-order valence-corrected chi connectivity index (χ1v) is 21.1. The van der Waals surface area contributed by atoms with Gasteiger partial charge in [0.05, 0.1) is 17.5 Å². The Morgan fingerprint density at radius 3 is 2.50 bits per heavy atom. The Morgan fingerprint density at radius 1 is 0.964 bits per heavy atom. The predicted octanol–water partition coefficient (Wildman–Crippen LogP) is 4.00. The third-order valence-electron chi connectivity index (χ3n) is 11.8. The fraction of sp³-hybridized carbons (Fsp3) is 0.500. The molecule has 3 aliphatic carbocycles. The van der Waals surface area contributed by atoms with Crippen LogP contribution >= 0.6 is 0 Å². The van der Waals surface area contributed by atoms with E-state index in [1.165, 1.54) is 27.9 Å². The number of nitrogens with one attached hydrogen (secondary N) is 3. The van der Waals surface area contributed by atoms with Crippen molar-refractivity contribution >= 4 is 44.6 Å². The molecule has 296 valence electrons. The summed E-state index contributed by atoms with van der Waals surface area (Å²) in [6, 6.07) is 8.18. The van der Waals surface area contributed by atoms with Gasteiger partial charge >= 0.3 is 6.09 Å². The van der Waals surface area contributed by atoms with Crippen LogP contribution in [-0.4, -0.2) is 82.4 Å². The van der Waals surface area contributed by atoms with Gasteiger partial charge in [-0.25, -0.2) is 22.3 Å². The van der Waals surface area contributed by atoms with E-state index in [1.807, 2.05) is 12.2 Å². The van der Waals surface area contributed by atoms with Crippen LogP contribution in [0.25, 0.3) is 21.9 Å². The van der Waals surface area contributed by atoms with Crippen LogP contribution in [0.3, 0.4) is 0 Å². The molecule has 2 aromatic carbocycles. The molecule has 4 amide bonds. The summed E-state index contributed by atoms with van der Waals surface area (Å²) in [6.45, 7) is -0.114. The molecule has 3 N–H and O–H groups in total. The predicted molar refractivity (Wildman–Crippen MR) is 203 cm³/mol. The van der Waals surface area contributed by atoms with Crippen LogP contribution in [0.1, 0.15) is 83.1 Å². The van der Waals surface area contributed by atoms with Crippen LogP contribution in [0.15, 0.2) is 65.6 Å². The van der Waals surface area contributed by atoms with Gasteiger partial charge in [0.1, 0.15) is 29.5 Å². The Kier molecular flexibility index (Phi) is 10.2. The van der Waals surface area contributed by atoms with Gasteiger partial charge in [-0.1, -0.05) is 55.3 Å². The van der Waals surface area contributed by atoms with Crippen molar-refractivity contribution in [3.05, 3.63) is 77.0 Å². The lowest BCUT2D eigenvalue weighted by molar-refractivity contribution is -0.141. The van der Waals surface area contributed by atoms with E-state index in [0.29, 0.717) is 47.6 Å². The van der Waals surface area contributed by atoms with Crippen LogP contribution in [-0.2, 0) is 29.1 Å². The highest BCUT2D eigenvalue weighted by Gasteiger charge is 2.62. The maximum Gasteiger partial charge on any atom is 0.408 e. The normalized spacial score (nSPS) is 27.8. The lowest BCUT2D eigenvalue weighted by Gasteiger charge is -2.31. The fourth-order valence-electron chi connectivity index (χ4n) is 8.13. The zero-order valence-corrected chi connectivity index (χ0v) is 31.6. The maximum absolute atomic E-state index is 14.6. The first kappa shape index (κ1) is 37.8. The number of nitrogens with zero attached hydrogens (tertiary/aromatic N) is 3. The van der Waals surface area contributed by atoms with Crippen LogP contribution < -0.4 is 20.9 Å². The number of ether oxygens (including phenoxy) is 1. The Morgan fingerprint density at radius 2 is 1.75 bits per heavy atom. The van der Waals surface area contributed by atoms with Crippen molar-refractivity contribution in [3.63, 3.8) is 0 Å². The summed E-state index contributed by atoms with van der Waals surface area (Å²) in [5.74, 6) is -2.93. The minimum absolute atomic E-state index is 0.0544. The van der Waals surface area contributed by atoms with Gasteiger partial charge in [-0.05, 0) is 74.8 Å². The van der Waals surface area contributed by atoms with Crippen LogP contribution in [0, 0.1) is 11.7 Å². The molecule has 4 unspecified atom stereocenters. The number of rotatable bonds is 7. The number of carbonyl (C=O) groups is 4.